The minimum absolute atomic E-state index is 0.127. The van der Waals surface area contributed by atoms with Crippen molar-refractivity contribution in [3.05, 3.63) is 58.6 Å². The monoisotopic (exact) mass is 331 g/mol. The molecule has 7 heteroatoms. The molecule has 118 valence electrons. The molecule has 2 aromatic rings. The molecule has 0 fully saturated rings. The van der Waals surface area contributed by atoms with E-state index in [2.05, 4.69) is 15.8 Å². The number of phenols is 1. The number of carbonyl (C=O) groups excluding carboxylic acids is 2. The molecule has 0 aliphatic heterocycles. The fourth-order valence-electron chi connectivity index (χ4n) is 1.70. The fraction of sp³-hybridized carbons (Fsp3) is 0.0625. The van der Waals surface area contributed by atoms with Crippen molar-refractivity contribution in [1.29, 1.82) is 0 Å². The van der Waals surface area contributed by atoms with Crippen molar-refractivity contribution >= 4 is 35.3 Å². The lowest BCUT2D eigenvalue weighted by Crippen LogP contribution is -2.32. The average Bonchev–Trinajstić information content (AvgIpc) is 2.53. The van der Waals surface area contributed by atoms with Gasteiger partial charge in [-0.2, -0.15) is 5.10 Å². The first-order valence-corrected chi connectivity index (χ1v) is 7.03. The Hall–Kier alpha value is -2.86. The molecule has 0 radical (unpaired) electrons. The number of rotatable bonds is 3. The van der Waals surface area contributed by atoms with Crippen LogP contribution in [-0.4, -0.2) is 23.1 Å². The Bertz CT molecular complexity index is 758. The van der Waals surface area contributed by atoms with Crippen LogP contribution in [0.3, 0.4) is 0 Å². The summed E-state index contributed by atoms with van der Waals surface area (Å²) in [5.74, 6) is -1.62. The third kappa shape index (κ3) is 4.55. The van der Waals surface area contributed by atoms with E-state index < -0.39 is 11.8 Å². The Labute approximate surface area is 137 Å². The number of phenolic OH excluding ortho intramolecular Hbond substituents is 1. The van der Waals surface area contributed by atoms with E-state index in [-0.39, 0.29) is 5.75 Å². The molecule has 0 spiro atoms. The van der Waals surface area contributed by atoms with Gasteiger partial charge in [0.25, 0.3) is 0 Å². The topological polar surface area (TPSA) is 90.8 Å². The van der Waals surface area contributed by atoms with Crippen LogP contribution in [-0.2, 0) is 9.59 Å². The second-order valence-corrected chi connectivity index (χ2v) is 5.06. The molecule has 3 N–H and O–H groups in total. The van der Waals surface area contributed by atoms with E-state index in [1.165, 1.54) is 18.3 Å². The maximum absolute atomic E-state index is 11.8. The van der Waals surface area contributed by atoms with E-state index in [1.54, 1.807) is 37.3 Å². The molecule has 0 saturated carbocycles. The van der Waals surface area contributed by atoms with Crippen LogP contribution < -0.4 is 10.7 Å². The van der Waals surface area contributed by atoms with Gasteiger partial charge in [0.15, 0.2) is 0 Å². The zero-order valence-corrected chi connectivity index (χ0v) is 13.0. The van der Waals surface area contributed by atoms with Crippen LogP contribution in [0, 0.1) is 6.92 Å². The SMILES string of the molecule is Cc1c(Cl)cccc1NC(=O)C(=O)N/N=C/c1ccc(O)cc1. The number of hydrazone groups is 1. The quantitative estimate of drug-likeness (QED) is 0.458. The molecular formula is C16H14ClN3O3. The van der Waals surface area contributed by atoms with E-state index in [9.17, 15) is 9.59 Å². The van der Waals surface area contributed by atoms with E-state index in [4.69, 9.17) is 16.7 Å². The molecule has 2 amide bonds. The van der Waals surface area contributed by atoms with Gasteiger partial charge in [-0.1, -0.05) is 17.7 Å². The molecular weight excluding hydrogens is 318 g/mol. The van der Waals surface area contributed by atoms with E-state index in [0.717, 1.165) is 0 Å². The van der Waals surface area contributed by atoms with Crippen LogP contribution in [0.15, 0.2) is 47.6 Å². The maximum Gasteiger partial charge on any atom is 0.329 e. The third-order valence-electron chi connectivity index (χ3n) is 2.99. The molecule has 0 bridgehead atoms. The number of nitrogens with zero attached hydrogens (tertiary/aromatic N) is 1. The standard InChI is InChI=1S/C16H14ClN3O3/c1-10-13(17)3-2-4-14(10)19-15(22)16(23)20-18-9-11-5-7-12(21)8-6-11/h2-9,21H,1H3,(H,19,22)(H,20,23)/b18-9+. The summed E-state index contributed by atoms with van der Waals surface area (Å²) in [6, 6.07) is 11.2. The molecule has 2 aromatic carbocycles. The lowest BCUT2D eigenvalue weighted by Gasteiger charge is -2.08. The van der Waals surface area contributed by atoms with Gasteiger partial charge in [0.1, 0.15) is 5.75 Å². The predicted octanol–water partition coefficient (Wildman–Crippen LogP) is 2.44. The minimum Gasteiger partial charge on any atom is -0.508 e. The van der Waals surface area contributed by atoms with Gasteiger partial charge in [-0.25, -0.2) is 5.43 Å². The van der Waals surface area contributed by atoms with Gasteiger partial charge in [0.2, 0.25) is 0 Å². The second-order valence-electron chi connectivity index (χ2n) is 4.66. The van der Waals surface area contributed by atoms with Gasteiger partial charge < -0.3 is 10.4 Å². The van der Waals surface area contributed by atoms with Crippen molar-refractivity contribution in [3.8, 4) is 5.75 Å². The number of anilines is 1. The lowest BCUT2D eigenvalue weighted by atomic mass is 10.2. The van der Waals surface area contributed by atoms with Gasteiger partial charge in [-0.15, -0.1) is 0 Å². The Balaban J connectivity index is 1.94. The van der Waals surface area contributed by atoms with Gasteiger partial charge in [0.05, 0.1) is 6.21 Å². The molecule has 23 heavy (non-hydrogen) atoms. The smallest absolute Gasteiger partial charge is 0.329 e. The first-order valence-electron chi connectivity index (χ1n) is 6.66. The zero-order chi connectivity index (χ0) is 16.8. The van der Waals surface area contributed by atoms with Crippen molar-refractivity contribution in [1.82, 2.24) is 5.43 Å². The molecule has 6 nitrogen and oxygen atoms in total. The normalized spacial score (nSPS) is 10.5. The first-order chi connectivity index (χ1) is 11.0. The van der Waals surface area contributed by atoms with Crippen LogP contribution in [0.5, 0.6) is 5.75 Å². The van der Waals surface area contributed by atoms with Crippen LogP contribution in [0.1, 0.15) is 11.1 Å². The second kappa shape index (κ2) is 7.42. The van der Waals surface area contributed by atoms with Crippen molar-refractivity contribution in [2.75, 3.05) is 5.32 Å². The molecule has 0 aliphatic rings. The largest absolute Gasteiger partial charge is 0.508 e. The highest BCUT2D eigenvalue weighted by atomic mass is 35.5. The fourth-order valence-corrected chi connectivity index (χ4v) is 1.87. The zero-order valence-electron chi connectivity index (χ0n) is 12.2. The summed E-state index contributed by atoms with van der Waals surface area (Å²) in [5, 5.41) is 15.8. The third-order valence-corrected chi connectivity index (χ3v) is 3.40. The van der Waals surface area contributed by atoms with Crippen LogP contribution >= 0.6 is 11.6 Å². The Kier molecular flexibility index (Phi) is 5.32. The number of halogens is 1. The van der Waals surface area contributed by atoms with Crippen LogP contribution in [0.2, 0.25) is 5.02 Å². The summed E-state index contributed by atoms with van der Waals surface area (Å²) in [5.41, 5.74) is 3.91. The van der Waals surface area contributed by atoms with Crippen molar-refractivity contribution in [2.45, 2.75) is 6.92 Å². The van der Waals surface area contributed by atoms with Gasteiger partial charge >= 0.3 is 11.8 Å². The highest BCUT2D eigenvalue weighted by Crippen LogP contribution is 2.22. The van der Waals surface area contributed by atoms with E-state index >= 15 is 0 Å². The molecule has 0 unspecified atom stereocenters. The minimum atomic E-state index is -0.903. The summed E-state index contributed by atoms with van der Waals surface area (Å²) >= 11 is 5.95. The van der Waals surface area contributed by atoms with Gasteiger partial charge in [-0.3, -0.25) is 9.59 Å². The number of hydrogen-bond acceptors (Lipinski definition) is 4. The van der Waals surface area contributed by atoms with E-state index in [0.29, 0.717) is 21.8 Å². The van der Waals surface area contributed by atoms with Crippen LogP contribution in [0.4, 0.5) is 5.69 Å². The summed E-state index contributed by atoms with van der Waals surface area (Å²) in [6.07, 6.45) is 1.36. The lowest BCUT2D eigenvalue weighted by molar-refractivity contribution is -0.136. The van der Waals surface area contributed by atoms with Crippen molar-refractivity contribution in [3.63, 3.8) is 0 Å². The summed E-state index contributed by atoms with van der Waals surface area (Å²) in [6.45, 7) is 1.73. The number of amides is 2. The molecule has 0 aliphatic carbocycles. The highest BCUT2D eigenvalue weighted by molar-refractivity contribution is 6.40. The number of benzene rings is 2. The summed E-state index contributed by atoms with van der Waals surface area (Å²) in [4.78, 5) is 23.5. The molecule has 0 atom stereocenters. The van der Waals surface area contributed by atoms with Crippen molar-refractivity contribution < 1.29 is 14.7 Å². The molecule has 0 saturated heterocycles. The summed E-state index contributed by atoms with van der Waals surface area (Å²) in [7, 11) is 0. The Morgan fingerprint density at radius 1 is 1.13 bits per heavy atom. The van der Waals surface area contributed by atoms with Gasteiger partial charge in [-0.05, 0) is 54.4 Å². The van der Waals surface area contributed by atoms with Gasteiger partial charge in [0, 0.05) is 10.7 Å². The van der Waals surface area contributed by atoms with Crippen LogP contribution in [0.25, 0.3) is 0 Å². The van der Waals surface area contributed by atoms with Crippen molar-refractivity contribution in [2.24, 2.45) is 5.10 Å². The average molecular weight is 332 g/mol. The predicted molar refractivity (Wildman–Crippen MR) is 88.7 cm³/mol. The number of hydrogen-bond donors (Lipinski definition) is 3. The molecule has 0 heterocycles. The number of carbonyl (C=O) groups is 2. The Morgan fingerprint density at radius 3 is 2.52 bits per heavy atom. The Morgan fingerprint density at radius 2 is 1.83 bits per heavy atom. The molecule has 0 aromatic heterocycles. The maximum atomic E-state index is 11.8. The number of nitrogens with one attached hydrogen (secondary N) is 2. The molecule has 2 rings (SSSR count). The number of aromatic hydroxyl groups is 1. The van der Waals surface area contributed by atoms with E-state index in [1.807, 2.05) is 0 Å². The first kappa shape index (κ1) is 16.5. The summed E-state index contributed by atoms with van der Waals surface area (Å²) < 4.78 is 0. The highest BCUT2D eigenvalue weighted by Gasteiger charge is 2.14.